The molecule has 0 aliphatic heterocycles. The average molecular weight is 260 g/mol. The zero-order valence-corrected chi connectivity index (χ0v) is 9.41. The first-order valence-corrected chi connectivity index (χ1v) is 5.38. The highest BCUT2D eigenvalue weighted by molar-refractivity contribution is 5.80. The van der Waals surface area contributed by atoms with Crippen molar-refractivity contribution in [2.24, 2.45) is 5.73 Å². The summed E-state index contributed by atoms with van der Waals surface area (Å²) in [5.41, 5.74) is 6.71. The molecule has 2 aromatic rings. The van der Waals surface area contributed by atoms with E-state index in [4.69, 9.17) is 5.73 Å². The minimum Gasteiger partial charge on any atom is -0.341 e. The monoisotopic (exact) mass is 260 g/mol. The Morgan fingerprint density at radius 2 is 1.94 bits per heavy atom. The quantitative estimate of drug-likeness (QED) is 0.842. The summed E-state index contributed by atoms with van der Waals surface area (Å²) < 4.78 is 51.5. The molecule has 0 spiro atoms. The second-order valence-electron chi connectivity index (χ2n) is 4.10. The molecule has 1 aromatic heterocycles. The number of rotatable bonds is 4. The molecule has 0 amide bonds. The Bertz CT molecular complexity index is 548. The molecule has 6 heteroatoms. The smallest absolute Gasteiger partial charge is 0.324 e. The lowest BCUT2D eigenvalue weighted by Gasteiger charge is -2.16. The molecule has 0 aliphatic rings. The van der Waals surface area contributed by atoms with Crippen LogP contribution in [0.5, 0.6) is 0 Å². The van der Waals surface area contributed by atoms with Crippen molar-refractivity contribution in [1.29, 1.82) is 0 Å². The third-order valence-corrected chi connectivity index (χ3v) is 2.77. The van der Waals surface area contributed by atoms with Crippen molar-refractivity contribution in [3.05, 3.63) is 36.0 Å². The Labute approximate surface area is 101 Å². The lowest BCUT2D eigenvalue weighted by Crippen LogP contribution is -2.31. The van der Waals surface area contributed by atoms with Crippen molar-refractivity contribution in [3.8, 4) is 0 Å². The van der Waals surface area contributed by atoms with Crippen molar-refractivity contribution in [2.75, 3.05) is 0 Å². The van der Waals surface area contributed by atoms with Crippen LogP contribution < -0.4 is 5.73 Å². The van der Waals surface area contributed by atoms with E-state index >= 15 is 0 Å². The predicted octanol–water partition coefficient (Wildman–Crippen LogP) is 3.00. The second-order valence-corrected chi connectivity index (χ2v) is 4.10. The highest BCUT2D eigenvalue weighted by Gasteiger charge is 2.41. The Balaban J connectivity index is 2.39. The summed E-state index contributed by atoms with van der Waals surface area (Å²) in [4.78, 5) is 0. The summed E-state index contributed by atoms with van der Waals surface area (Å²) in [6, 6.07) is 6.75. The first-order valence-electron chi connectivity index (χ1n) is 5.38. The standard InChI is InChI=1S/C12H12F4N2/c13-11(14)12(15,16)7-18-4-3-9-2-1-8(6-17)5-10(9)18/h1-5,11H,6-7,17H2. The zero-order chi connectivity index (χ0) is 13.3. The summed E-state index contributed by atoms with van der Waals surface area (Å²) in [6.07, 6.45) is -2.30. The normalized spacial score (nSPS) is 12.6. The highest BCUT2D eigenvalue weighted by Crippen LogP contribution is 2.27. The molecule has 2 rings (SSSR count). The molecule has 0 unspecified atom stereocenters. The molecule has 2 N–H and O–H groups in total. The molecule has 0 bridgehead atoms. The number of benzene rings is 1. The minimum atomic E-state index is -4.04. The van der Waals surface area contributed by atoms with Gasteiger partial charge in [-0.2, -0.15) is 8.78 Å². The first-order chi connectivity index (χ1) is 8.44. The van der Waals surface area contributed by atoms with Gasteiger partial charge in [-0.25, -0.2) is 8.78 Å². The number of hydrogen-bond donors (Lipinski definition) is 1. The first kappa shape index (κ1) is 12.9. The Morgan fingerprint density at radius 1 is 1.22 bits per heavy atom. The molecule has 18 heavy (non-hydrogen) atoms. The lowest BCUT2D eigenvalue weighted by molar-refractivity contribution is -0.137. The third kappa shape index (κ3) is 2.33. The van der Waals surface area contributed by atoms with Crippen LogP contribution in [0.25, 0.3) is 10.9 Å². The Hall–Kier alpha value is -1.56. The number of aromatic nitrogens is 1. The van der Waals surface area contributed by atoms with Crippen LogP contribution in [0, 0.1) is 0 Å². The van der Waals surface area contributed by atoms with Gasteiger partial charge in [-0.3, -0.25) is 0 Å². The molecule has 0 atom stereocenters. The SMILES string of the molecule is NCc1ccc2ccn(CC(F)(F)C(F)F)c2c1. The third-order valence-electron chi connectivity index (χ3n) is 2.77. The van der Waals surface area contributed by atoms with E-state index in [-0.39, 0.29) is 6.54 Å². The Kier molecular flexibility index (Phi) is 3.30. The maximum absolute atomic E-state index is 13.0. The molecular weight excluding hydrogens is 248 g/mol. The summed E-state index contributed by atoms with van der Waals surface area (Å²) in [5.74, 6) is -4.04. The molecule has 0 fully saturated rings. The van der Waals surface area contributed by atoms with E-state index in [9.17, 15) is 17.6 Å². The van der Waals surface area contributed by atoms with Crippen molar-refractivity contribution >= 4 is 10.9 Å². The molecule has 98 valence electrons. The van der Waals surface area contributed by atoms with E-state index < -0.39 is 18.9 Å². The van der Waals surface area contributed by atoms with E-state index in [1.165, 1.54) is 6.20 Å². The second kappa shape index (κ2) is 4.61. The maximum Gasteiger partial charge on any atom is 0.324 e. The number of halogens is 4. The lowest BCUT2D eigenvalue weighted by atomic mass is 10.1. The van der Waals surface area contributed by atoms with Crippen LogP contribution in [0.3, 0.4) is 0 Å². The van der Waals surface area contributed by atoms with Gasteiger partial charge < -0.3 is 10.3 Å². The van der Waals surface area contributed by atoms with Gasteiger partial charge in [0.2, 0.25) is 0 Å². The fraction of sp³-hybridized carbons (Fsp3) is 0.333. The Morgan fingerprint density at radius 3 is 2.56 bits per heavy atom. The molecule has 1 heterocycles. The van der Waals surface area contributed by atoms with Crippen LogP contribution in [0.2, 0.25) is 0 Å². The van der Waals surface area contributed by atoms with Crippen LogP contribution >= 0.6 is 0 Å². The predicted molar refractivity (Wildman–Crippen MR) is 60.8 cm³/mol. The van der Waals surface area contributed by atoms with E-state index in [1.807, 2.05) is 0 Å². The number of nitrogens with two attached hydrogens (primary N) is 1. The minimum absolute atomic E-state index is 0.270. The van der Waals surface area contributed by atoms with Gasteiger partial charge in [-0.05, 0) is 23.1 Å². The van der Waals surface area contributed by atoms with Gasteiger partial charge in [0.1, 0.15) is 0 Å². The summed E-state index contributed by atoms with van der Waals surface area (Å²) >= 11 is 0. The van der Waals surface area contributed by atoms with Crippen molar-refractivity contribution < 1.29 is 17.6 Å². The summed E-state index contributed by atoms with van der Waals surface area (Å²) in [6.45, 7) is -0.769. The van der Waals surface area contributed by atoms with Gasteiger partial charge in [0.25, 0.3) is 0 Å². The van der Waals surface area contributed by atoms with Crippen molar-refractivity contribution in [2.45, 2.75) is 25.4 Å². The van der Waals surface area contributed by atoms with Gasteiger partial charge >= 0.3 is 12.3 Å². The van der Waals surface area contributed by atoms with Crippen LogP contribution in [0.4, 0.5) is 17.6 Å². The highest BCUT2D eigenvalue weighted by atomic mass is 19.3. The topological polar surface area (TPSA) is 30.9 Å². The van der Waals surface area contributed by atoms with Crippen LogP contribution in [-0.2, 0) is 13.1 Å². The number of hydrogen-bond acceptors (Lipinski definition) is 1. The van der Waals surface area contributed by atoms with E-state index in [0.29, 0.717) is 5.52 Å². The maximum atomic E-state index is 13.0. The van der Waals surface area contributed by atoms with Gasteiger partial charge in [-0.15, -0.1) is 0 Å². The van der Waals surface area contributed by atoms with Gasteiger partial charge in [0, 0.05) is 18.3 Å². The van der Waals surface area contributed by atoms with Gasteiger partial charge in [-0.1, -0.05) is 12.1 Å². The fourth-order valence-electron chi connectivity index (χ4n) is 1.79. The molecule has 2 nitrogen and oxygen atoms in total. The molecule has 1 aromatic carbocycles. The number of alkyl halides is 4. The van der Waals surface area contributed by atoms with Crippen molar-refractivity contribution in [1.82, 2.24) is 4.57 Å². The van der Waals surface area contributed by atoms with Crippen molar-refractivity contribution in [3.63, 3.8) is 0 Å². The number of fused-ring (bicyclic) bond motifs is 1. The molecular formula is C12H12F4N2. The average Bonchev–Trinajstić information content (AvgIpc) is 2.71. The van der Waals surface area contributed by atoms with Crippen LogP contribution in [0.15, 0.2) is 30.5 Å². The van der Waals surface area contributed by atoms with Crippen LogP contribution in [0.1, 0.15) is 5.56 Å². The zero-order valence-electron chi connectivity index (χ0n) is 9.41. The van der Waals surface area contributed by atoms with Crippen LogP contribution in [-0.4, -0.2) is 16.9 Å². The van der Waals surface area contributed by atoms with Gasteiger partial charge in [0.15, 0.2) is 0 Å². The van der Waals surface area contributed by atoms with E-state index in [0.717, 1.165) is 15.5 Å². The summed E-state index contributed by atoms with van der Waals surface area (Å²) in [5, 5.41) is 0.720. The molecule has 0 aliphatic carbocycles. The van der Waals surface area contributed by atoms with Gasteiger partial charge in [0.05, 0.1) is 6.54 Å². The molecule has 0 saturated carbocycles. The summed E-state index contributed by atoms with van der Waals surface area (Å²) in [7, 11) is 0. The largest absolute Gasteiger partial charge is 0.341 e. The molecule has 0 radical (unpaired) electrons. The number of nitrogens with zero attached hydrogens (tertiary/aromatic N) is 1. The van der Waals surface area contributed by atoms with E-state index in [2.05, 4.69) is 0 Å². The fourth-order valence-corrected chi connectivity index (χ4v) is 1.79. The molecule has 0 saturated heterocycles. The van der Waals surface area contributed by atoms with E-state index in [1.54, 1.807) is 24.3 Å².